The summed E-state index contributed by atoms with van der Waals surface area (Å²) in [6, 6.07) is 13.3. The van der Waals surface area contributed by atoms with Crippen molar-refractivity contribution < 1.29 is 4.79 Å². The fraction of sp³-hybridized carbons (Fsp3) is 0.200. The van der Waals surface area contributed by atoms with Gasteiger partial charge in [0.15, 0.2) is 5.82 Å². The summed E-state index contributed by atoms with van der Waals surface area (Å²) in [4.78, 5) is 36.9. The lowest BCUT2D eigenvalue weighted by atomic mass is 9.88. The van der Waals surface area contributed by atoms with Gasteiger partial charge in [0.25, 0.3) is 5.91 Å². The topological polar surface area (TPSA) is 84.8 Å². The number of likely N-dealkylation sites (tertiary alicyclic amines) is 1. The van der Waals surface area contributed by atoms with Gasteiger partial charge in [-0.3, -0.25) is 19.7 Å². The number of nitrogens with zero attached hydrogens (tertiary/aromatic N) is 6. The van der Waals surface area contributed by atoms with Crippen LogP contribution in [0, 0.1) is 0 Å². The Kier molecular flexibility index (Phi) is 5.61. The van der Waals surface area contributed by atoms with E-state index in [-0.39, 0.29) is 11.8 Å². The smallest absolute Gasteiger partial charge is 0.255 e. The highest BCUT2D eigenvalue weighted by molar-refractivity contribution is 5.93. The maximum atomic E-state index is 12.8. The molecule has 1 aliphatic heterocycles. The Bertz CT molecular complexity index is 1190. The van der Waals surface area contributed by atoms with Crippen molar-refractivity contribution in [3.05, 3.63) is 90.9 Å². The molecule has 0 atom stereocenters. The number of hydrogen-bond acceptors (Lipinski definition) is 6. The summed E-state index contributed by atoms with van der Waals surface area (Å²) in [6.45, 7) is 1.36. The molecular weight excluding hydrogens is 400 g/mol. The maximum absolute atomic E-state index is 12.8. The molecule has 0 bridgehead atoms. The standard InChI is InChI=1S/C25H22N6O/c32-25(20-4-3-10-27-16-20)31-14-8-19(9-15-31)23-21(18-6-12-26-13-7-18)17-29-24(30-23)22-5-1-2-11-28-22/h1-7,10-13,16-17,19H,8-9,14-15H2. The highest BCUT2D eigenvalue weighted by Crippen LogP contribution is 2.35. The van der Waals surface area contributed by atoms with E-state index in [9.17, 15) is 4.79 Å². The summed E-state index contributed by atoms with van der Waals surface area (Å²) >= 11 is 0. The third-order valence-electron chi connectivity index (χ3n) is 5.78. The number of rotatable bonds is 4. The fourth-order valence-corrected chi connectivity index (χ4v) is 4.11. The highest BCUT2D eigenvalue weighted by atomic mass is 16.2. The molecule has 1 saturated heterocycles. The molecule has 0 N–H and O–H groups in total. The summed E-state index contributed by atoms with van der Waals surface area (Å²) in [6.07, 6.45) is 12.2. The molecule has 0 aliphatic carbocycles. The van der Waals surface area contributed by atoms with E-state index in [1.165, 1.54) is 0 Å². The molecule has 1 aliphatic rings. The highest BCUT2D eigenvalue weighted by Gasteiger charge is 2.28. The normalized spacial score (nSPS) is 14.3. The van der Waals surface area contributed by atoms with Crippen molar-refractivity contribution in [1.82, 2.24) is 29.8 Å². The second kappa shape index (κ2) is 9.01. The van der Waals surface area contributed by atoms with Crippen LogP contribution in [0.5, 0.6) is 0 Å². The molecule has 0 spiro atoms. The molecule has 7 heteroatoms. The van der Waals surface area contributed by atoms with Crippen LogP contribution >= 0.6 is 0 Å². The SMILES string of the molecule is O=C(c1cccnc1)N1CCC(c2nc(-c3ccccn3)ncc2-c2ccncc2)CC1. The Morgan fingerprint density at radius 2 is 1.69 bits per heavy atom. The van der Waals surface area contributed by atoms with Gasteiger partial charge in [0, 0.05) is 61.8 Å². The molecule has 0 radical (unpaired) electrons. The first-order valence-electron chi connectivity index (χ1n) is 10.7. The van der Waals surface area contributed by atoms with Gasteiger partial charge in [0.2, 0.25) is 0 Å². The molecule has 4 aromatic rings. The van der Waals surface area contributed by atoms with E-state index in [2.05, 4.69) is 19.9 Å². The minimum Gasteiger partial charge on any atom is -0.339 e. The van der Waals surface area contributed by atoms with Crippen LogP contribution in [0.1, 0.15) is 34.8 Å². The lowest BCUT2D eigenvalue weighted by molar-refractivity contribution is 0.0712. The summed E-state index contributed by atoms with van der Waals surface area (Å²) in [5.74, 6) is 0.872. The average Bonchev–Trinajstić information content (AvgIpc) is 2.89. The Morgan fingerprint density at radius 1 is 0.844 bits per heavy atom. The molecule has 5 heterocycles. The molecular formula is C25H22N6O. The molecule has 0 unspecified atom stereocenters. The number of piperidine rings is 1. The number of carbonyl (C=O) groups is 1. The van der Waals surface area contributed by atoms with E-state index in [0.29, 0.717) is 24.5 Å². The Labute approximate surface area is 186 Å². The Balaban J connectivity index is 1.43. The molecule has 32 heavy (non-hydrogen) atoms. The van der Waals surface area contributed by atoms with E-state index >= 15 is 0 Å². The van der Waals surface area contributed by atoms with Gasteiger partial charge in [-0.15, -0.1) is 0 Å². The van der Waals surface area contributed by atoms with E-state index in [1.54, 1.807) is 37.1 Å². The van der Waals surface area contributed by atoms with Gasteiger partial charge in [-0.05, 0) is 54.8 Å². The van der Waals surface area contributed by atoms with Crippen molar-refractivity contribution in [3.8, 4) is 22.6 Å². The molecule has 158 valence electrons. The van der Waals surface area contributed by atoms with Crippen LogP contribution in [-0.2, 0) is 0 Å². The minimum atomic E-state index is 0.0303. The molecule has 4 aromatic heterocycles. The third-order valence-corrected chi connectivity index (χ3v) is 5.78. The first-order valence-corrected chi connectivity index (χ1v) is 10.7. The van der Waals surface area contributed by atoms with Crippen LogP contribution < -0.4 is 0 Å². The monoisotopic (exact) mass is 422 g/mol. The zero-order valence-electron chi connectivity index (χ0n) is 17.5. The van der Waals surface area contributed by atoms with Crippen LogP contribution in [-0.4, -0.2) is 48.8 Å². The number of pyridine rings is 3. The van der Waals surface area contributed by atoms with Crippen LogP contribution in [0.3, 0.4) is 0 Å². The van der Waals surface area contributed by atoms with Crippen LogP contribution in [0.2, 0.25) is 0 Å². The van der Waals surface area contributed by atoms with Gasteiger partial charge in [-0.1, -0.05) is 6.07 Å². The predicted molar refractivity (Wildman–Crippen MR) is 121 cm³/mol. The molecule has 1 amide bonds. The largest absolute Gasteiger partial charge is 0.339 e. The van der Waals surface area contributed by atoms with Crippen molar-refractivity contribution in [2.24, 2.45) is 0 Å². The molecule has 5 rings (SSSR count). The lowest BCUT2D eigenvalue weighted by Gasteiger charge is -2.32. The van der Waals surface area contributed by atoms with Gasteiger partial charge in [-0.2, -0.15) is 0 Å². The number of aromatic nitrogens is 5. The first kappa shape index (κ1) is 19.9. The Morgan fingerprint density at radius 3 is 2.41 bits per heavy atom. The fourth-order valence-electron chi connectivity index (χ4n) is 4.11. The first-order chi connectivity index (χ1) is 15.8. The summed E-state index contributed by atoms with van der Waals surface area (Å²) in [7, 11) is 0. The van der Waals surface area contributed by atoms with Gasteiger partial charge in [0.05, 0.1) is 11.3 Å². The molecule has 0 saturated carbocycles. The van der Waals surface area contributed by atoms with Crippen molar-refractivity contribution in [2.45, 2.75) is 18.8 Å². The zero-order chi connectivity index (χ0) is 21.8. The summed E-state index contributed by atoms with van der Waals surface area (Å²) < 4.78 is 0. The van der Waals surface area contributed by atoms with E-state index in [1.807, 2.05) is 47.5 Å². The van der Waals surface area contributed by atoms with Crippen molar-refractivity contribution in [3.63, 3.8) is 0 Å². The van der Waals surface area contributed by atoms with Crippen LogP contribution in [0.15, 0.2) is 79.6 Å². The van der Waals surface area contributed by atoms with E-state index in [4.69, 9.17) is 4.98 Å². The molecule has 0 aromatic carbocycles. The maximum Gasteiger partial charge on any atom is 0.255 e. The second-order valence-electron chi connectivity index (χ2n) is 7.75. The zero-order valence-corrected chi connectivity index (χ0v) is 17.5. The van der Waals surface area contributed by atoms with E-state index < -0.39 is 0 Å². The average molecular weight is 422 g/mol. The van der Waals surface area contributed by atoms with E-state index in [0.717, 1.165) is 35.4 Å². The Hall–Kier alpha value is -4.00. The van der Waals surface area contributed by atoms with Gasteiger partial charge in [0.1, 0.15) is 5.69 Å². The van der Waals surface area contributed by atoms with Crippen LogP contribution in [0.25, 0.3) is 22.6 Å². The van der Waals surface area contributed by atoms with Gasteiger partial charge in [-0.25, -0.2) is 9.97 Å². The quantitative estimate of drug-likeness (QED) is 0.494. The second-order valence-corrected chi connectivity index (χ2v) is 7.75. The number of carbonyl (C=O) groups excluding carboxylic acids is 1. The van der Waals surface area contributed by atoms with Crippen molar-refractivity contribution in [2.75, 3.05) is 13.1 Å². The number of amides is 1. The van der Waals surface area contributed by atoms with Crippen molar-refractivity contribution in [1.29, 1.82) is 0 Å². The van der Waals surface area contributed by atoms with Crippen molar-refractivity contribution >= 4 is 5.91 Å². The lowest BCUT2D eigenvalue weighted by Crippen LogP contribution is -2.38. The van der Waals surface area contributed by atoms with Gasteiger partial charge >= 0.3 is 0 Å². The molecule has 1 fully saturated rings. The summed E-state index contributed by atoms with van der Waals surface area (Å²) in [5, 5.41) is 0. The summed E-state index contributed by atoms with van der Waals surface area (Å²) in [5.41, 5.74) is 4.42. The minimum absolute atomic E-state index is 0.0303. The molecule has 7 nitrogen and oxygen atoms in total. The third kappa shape index (κ3) is 4.09. The van der Waals surface area contributed by atoms with Gasteiger partial charge < -0.3 is 4.90 Å². The van der Waals surface area contributed by atoms with Crippen LogP contribution in [0.4, 0.5) is 0 Å². The predicted octanol–water partition coefficient (Wildman–Crippen LogP) is 4.02. The number of hydrogen-bond donors (Lipinski definition) is 0.